The molecule has 3 rings (SSSR count). The number of hydrogen-bond acceptors (Lipinski definition) is 3. The van der Waals surface area contributed by atoms with Crippen molar-refractivity contribution in [1.82, 2.24) is 14.8 Å². The van der Waals surface area contributed by atoms with Gasteiger partial charge in [-0.2, -0.15) is 0 Å². The lowest BCUT2D eigenvalue weighted by Gasteiger charge is -2.35. The maximum Gasteiger partial charge on any atom is 0.270 e. The number of fused-ring (bicyclic) bond motifs is 1. The van der Waals surface area contributed by atoms with Crippen LogP contribution >= 0.6 is 0 Å². The molecule has 1 aliphatic heterocycles. The quantitative estimate of drug-likeness (QED) is 0.829. The minimum atomic E-state index is 0.0668. The summed E-state index contributed by atoms with van der Waals surface area (Å²) in [4.78, 5) is 20.0. The predicted molar refractivity (Wildman–Crippen MR) is 85.3 cm³/mol. The molecule has 1 atom stereocenters. The van der Waals surface area contributed by atoms with E-state index in [9.17, 15) is 4.79 Å². The van der Waals surface area contributed by atoms with Crippen molar-refractivity contribution in [3.8, 4) is 0 Å². The summed E-state index contributed by atoms with van der Waals surface area (Å²) >= 11 is 0. The Hall–Kier alpha value is -2.01. The van der Waals surface area contributed by atoms with E-state index in [1.165, 1.54) is 0 Å². The second-order valence-corrected chi connectivity index (χ2v) is 6.01. The number of aromatic nitrogens is 1. The summed E-state index contributed by atoms with van der Waals surface area (Å²) in [5, 5.41) is 0.986. The van der Waals surface area contributed by atoms with Gasteiger partial charge in [-0.3, -0.25) is 4.79 Å². The summed E-state index contributed by atoms with van der Waals surface area (Å²) in [6, 6.07) is 8.06. The number of piperidine rings is 1. The molecule has 0 spiro atoms. The summed E-state index contributed by atoms with van der Waals surface area (Å²) in [5.41, 5.74) is 8.10. The number of likely N-dealkylation sites (tertiary alicyclic amines) is 1. The summed E-state index contributed by atoms with van der Waals surface area (Å²) in [6.07, 6.45) is 2.20. The lowest BCUT2D eigenvalue weighted by atomic mass is 10.0. The first kappa shape index (κ1) is 13.9. The lowest BCUT2D eigenvalue weighted by molar-refractivity contribution is 0.0630. The van der Waals surface area contributed by atoms with Crippen LogP contribution in [0.5, 0.6) is 0 Å². The highest BCUT2D eigenvalue weighted by Gasteiger charge is 2.26. The van der Waals surface area contributed by atoms with Crippen LogP contribution in [-0.2, 0) is 0 Å². The molecule has 2 aromatic rings. The maximum absolute atomic E-state index is 12.7. The van der Waals surface area contributed by atoms with Gasteiger partial charge in [-0.15, -0.1) is 0 Å². The molecule has 2 heterocycles. The lowest BCUT2D eigenvalue weighted by Crippen LogP contribution is -2.47. The van der Waals surface area contributed by atoms with E-state index >= 15 is 0 Å². The third kappa shape index (κ3) is 2.61. The zero-order valence-electron chi connectivity index (χ0n) is 12.6. The Balaban J connectivity index is 1.84. The number of nitrogens with zero attached hydrogens (tertiary/aromatic N) is 2. The number of nitrogens with one attached hydrogen (secondary N) is 1. The van der Waals surface area contributed by atoms with Crippen LogP contribution in [0.15, 0.2) is 24.3 Å². The highest BCUT2D eigenvalue weighted by Crippen LogP contribution is 2.23. The Labute approximate surface area is 124 Å². The molecule has 5 heteroatoms. The molecular weight excluding hydrogens is 264 g/mol. The number of carbonyl (C=O) groups is 1. The summed E-state index contributed by atoms with van der Waals surface area (Å²) < 4.78 is 0. The molecular formula is C16H22N4O. The van der Waals surface area contributed by atoms with Gasteiger partial charge in [-0.05, 0) is 39.1 Å². The van der Waals surface area contributed by atoms with Gasteiger partial charge in [0.25, 0.3) is 5.91 Å². The fourth-order valence-electron chi connectivity index (χ4n) is 3.03. The number of hydrogen-bond donors (Lipinski definition) is 2. The van der Waals surface area contributed by atoms with E-state index in [-0.39, 0.29) is 5.91 Å². The molecule has 1 aromatic heterocycles. The number of anilines is 1. The summed E-state index contributed by atoms with van der Waals surface area (Å²) in [6.45, 7) is 1.62. The van der Waals surface area contributed by atoms with Crippen molar-refractivity contribution < 1.29 is 4.79 Å². The Morgan fingerprint density at radius 1 is 1.43 bits per heavy atom. The number of para-hydroxylation sites is 1. The highest BCUT2D eigenvalue weighted by atomic mass is 16.2. The van der Waals surface area contributed by atoms with E-state index in [1.807, 2.05) is 29.2 Å². The second-order valence-electron chi connectivity index (χ2n) is 6.01. The third-order valence-electron chi connectivity index (χ3n) is 4.33. The average molecular weight is 286 g/mol. The van der Waals surface area contributed by atoms with Gasteiger partial charge in [0.05, 0.1) is 11.2 Å². The van der Waals surface area contributed by atoms with E-state index < -0.39 is 0 Å². The van der Waals surface area contributed by atoms with E-state index in [2.05, 4.69) is 24.0 Å². The molecule has 1 amide bonds. The van der Waals surface area contributed by atoms with Crippen molar-refractivity contribution in [1.29, 1.82) is 0 Å². The van der Waals surface area contributed by atoms with E-state index in [1.54, 1.807) is 0 Å². The number of carbonyl (C=O) groups excluding carboxylic acids is 1. The van der Waals surface area contributed by atoms with E-state index in [4.69, 9.17) is 5.73 Å². The van der Waals surface area contributed by atoms with Gasteiger partial charge in [0.15, 0.2) is 0 Å². The van der Waals surface area contributed by atoms with Gasteiger partial charge in [0.2, 0.25) is 0 Å². The van der Waals surface area contributed by atoms with Crippen LogP contribution < -0.4 is 5.73 Å². The van der Waals surface area contributed by atoms with Crippen LogP contribution in [0, 0.1) is 0 Å². The van der Waals surface area contributed by atoms with Crippen LogP contribution in [0.2, 0.25) is 0 Å². The highest BCUT2D eigenvalue weighted by molar-refractivity contribution is 6.00. The first-order valence-electron chi connectivity index (χ1n) is 7.39. The fourth-order valence-corrected chi connectivity index (χ4v) is 3.03. The van der Waals surface area contributed by atoms with Crippen molar-refractivity contribution in [2.45, 2.75) is 18.9 Å². The van der Waals surface area contributed by atoms with Crippen LogP contribution in [0.25, 0.3) is 10.9 Å². The number of likely N-dealkylation sites (N-methyl/N-ethyl adjacent to an activating group) is 1. The molecule has 21 heavy (non-hydrogen) atoms. The van der Waals surface area contributed by atoms with Crippen molar-refractivity contribution in [2.75, 3.05) is 32.9 Å². The molecule has 0 bridgehead atoms. The normalized spacial score (nSPS) is 19.4. The van der Waals surface area contributed by atoms with Gasteiger partial charge in [0, 0.05) is 24.5 Å². The smallest absolute Gasteiger partial charge is 0.270 e. The number of nitrogens with two attached hydrogens (primary N) is 1. The molecule has 1 fully saturated rings. The van der Waals surface area contributed by atoms with Crippen molar-refractivity contribution in [3.63, 3.8) is 0 Å². The largest absolute Gasteiger partial charge is 0.397 e. The van der Waals surface area contributed by atoms with Gasteiger partial charge >= 0.3 is 0 Å². The number of benzene rings is 1. The molecule has 0 saturated carbocycles. The van der Waals surface area contributed by atoms with Crippen LogP contribution in [-0.4, -0.2) is 53.9 Å². The summed E-state index contributed by atoms with van der Waals surface area (Å²) in [7, 11) is 4.14. The Morgan fingerprint density at radius 3 is 2.95 bits per heavy atom. The monoisotopic (exact) mass is 286 g/mol. The molecule has 1 unspecified atom stereocenters. The maximum atomic E-state index is 12.7. The Bertz CT molecular complexity index is 661. The zero-order valence-corrected chi connectivity index (χ0v) is 12.6. The average Bonchev–Trinajstić information content (AvgIpc) is 2.92. The fraction of sp³-hybridized carbons (Fsp3) is 0.438. The molecule has 0 aliphatic carbocycles. The van der Waals surface area contributed by atoms with Crippen molar-refractivity contribution >= 4 is 22.5 Å². The Morgan fingerprint density at radius 2 is 2.24 bits per heavy atom. The molecule has 1 saturated heterocycles. The third-order valence-corrected chi connectivity index (χ3v) is 4.33. The van der Waals surface area contributed by atoms with Crippen molar-refractivity contribution in [3.05, 3.63) is 30.0 Å². The molecule has 5 nitrogen and oxygen atoms in total. The van der Waals surface area contributed by atoms with Gasteiger partial charge in [-0.1, -0.05) is 12.1 Å². The molecule has 112 valence electrons. The van der Waals surface area contributed by atoms with Gasteiger partial charge in [0.1, 0.15) is 5.69 Å². The van der Waals surface area contributed by atoms with Crippen LogP contribution in [0.1, 0.15) is 23.3 Å². The Kier molecular flexibility index (Phi) is 3.59. The standard InChI is InChI=1S/C16H22N4O/c1-19(2)12-6-4-8-20(10-12)16(21)14-9-11-5-3-7-13(17)15(11)18-14/h3,5,7,9,12,18H,4,6,8,10,17H2,1-2H3. The predicted octanol–water partition coefficient (Wildman–Crippen LogP) is 1.92. The molecule has 1 aromatic carbocycles. The molecule has 0 radical (unpaired) electrons. The zero-order chi connectivity index (χ0) is 15.0. The number of aromatic amines is 1. The minimum Gasteiger partial charge on any atom is -0.397 e. The first-order chi connectivity index (χ1) is 10.1. The van der Waals surface area contributed by atoms with Crippen LogP contribution in [0.3, 0.4) is 0 Å². The number of amides is 1. The van der Waals surface area contributed by atoms with Crippen LogP contribution in [0.4, 0.5) is 5.69 Å². The molecule has 3 N–H and O–H groups in total. The van der Waals surface area contributed by atoms with Gasteiger partial charge in [-0.25, -0.2) is 0 Å². The number of nitrogen functional groups attached to an aromatic ring is 1. The topological polar surface area (TPSA) is 65.4 Å². The van der Waals surface area contributed by atoms with E-state index in [0.717, 1.165) is 36.8 Å². The molecule has 1 aliphatic rings. The first-order valence-corrected chi connectivity index (χ1v) is 7.39. The number of rotatable bonds is 2. The van der Waals surface area contributed by atoms with Crippen molar-refractivity contribution in [2.24, 2.45) is 0 Å². The number of H-pyrrole nitrogens is 1. The van der Waals surface area contributed by atoms with Gasteiger partial charge < -0.3 is 20.5 Å². The van der Waals surface area contributed by atoms with E-state index in [0.29, 0.717) is 17.4 Å². The SMILES string of the molecule is CN(C)C1CCCN(C(=O)c2cc3cccc(N)c3[nH]2)C1. The summed E-state index contributed by atoms with van der Waals surface area (Å²) in [5.74, 6) is 0.0668. The second kappa shape index (κ2) is 5.41. The minimum absolute atomic E-state index is 0.0668.